The highest BCUT2D eigenvalue weighted by Crippen LogP contribution is 2.13. The van der Waals surface area contributed by atoms with E-state index in [1.807, 2.05) is 0 Å². The first kappa shape index (κ1) is 27.2. The Balaban J connectivity index is 1.94. The van der Waals surface area contributed by atoms with Gasteiger partial charge in [-0.3, -0.25) is 0 Å². The minimum Gasteiger partial charge on any atom is -0.205 e. The van der Waals surface area contributed by atoms with Gasteiger partial charge < -0.3 is 0 Å². The summed E-state index contributed by atoms with van der Waals surface area (Å²) in [5, 5.41) is 0. The van der Waals surface area contributed by atoms with Crippen molar-refractivity contribution in [2.24, 2.45) is 0 Å². The largest absolute Gasteiger partial charge is 0.205 e. The van der Waals surface area contributed by atoms with E-state index in [4.69, 9.17) is 0 Å². The van der Waals surface area contributed by atoms with Gasteiger partial charge in [-0.05, 0) is 25.3 Å². The molecule has 0 saturated heterocycles. The van der Waals surface area contributed by atoms with E-state index in [1.54, 1.807) is 0 Å². The maximum absolute atomic E-state index is 2.42. The molecule has 0 aliphatic rings. The van der Waals surface area contributed by atoms with Crippen molar-refractivity contribution in [2.75, 3.05) is 0 Å². The van der Waals surface area contributed by atoms with Crippen LogP contribution < -0.4 is 4.57 Å². The van der Waals surface area contributed by atoms with Crippen LogP contribution in [0.25, 0.3) is 0 Å². The predicted octanol–water partition coefficient (Wildman–Crippen LogP) is 9.36. The SMILES string of the molecule is CCCCCCCCCCCCCCCc1ccc[n+](CCCCCCCCC)c1. The van der Waals surface area contributed by atoms with Crippen LogP contribution in [0.15, 0.2) is 24.5 Å². The number of aryl methyl sites for hydroxylation is 2. The first-order valence-electron chi connectivity index (χ1n) is 13.8. The number of aromatic nitrogens is 1. The van der Waals surface area contributed by atoms with Crippen molar-refractivity contribution in [3.8, 4) is 0 Å². The quantitative estimate of drug-likeness (QED) is 0.131. The van der Waals surface area contributed by atoms with Crippen LogP contribution in [0.2, 0.25) is 0 Å². The van der Waals surface area contributed by atoms with Gasteiger partial charge in [-0.2, -0.15) is 0 Å². The summed E-state index contributed by atoms with van der Waals surface area (Å²) in [6, 6.07) is 4.57. The average molecular weight is 417 g/mol. The Bertz CT molecular complexity index is 467. The number of unbranched alkanes of at least 4 members (excludes halogenated alkanes) is 18. The Labute approximate surface area is 190 Å². The fourth-order valence-corrected chi connectivity index (χ4v) is 4.46. The molecule has 1 aromatic heterocycles. The summed E-state index contributed by atoms with van der Waals surface area (Å²) in [6.45, 7) is 5.79. The Morgan fingerprint density at radius 3 is 1.47 bits per heavy atom. The molecule has 0 aromatic carbocycles. The molecule has 1 nitrogen and oxygen atoms in total. The van der Waals surface area contributed by atoms with E-state index >= 15 is 0 Å². The van der Waals surface area contributed by atoms with E-state index in [1.165, 1.54) is 147 Å². The summed E-state index contributed by atoms with van der Waals surface area (Å²) in [4.78, 5) is 0. The maximum Gasteiger partial charge on any atom is 0.171 e. The highest BCUT2D eigenvalue weighted by Gasteiger charge is 2.03. The second-order valence-electron chi connectivity index (χ2n) is 9.56. The molecule has 0 atom stereocenters. The average Bonchev–Trinajstić information content (AvgIpc) is 2.76. The third-order valence-electron chi connectivity index (χ3n) is 6.51. The standard InChI is InChI=1S/C29H54N/c1-3-5-7-9-11-12-13-14-15-16-17-19-21-24-29-25-23-27-30(28-29)26-22-20-18-10-8-6-4-2/h23,25,27-28H,3-22,24,26H2,1-2H3/q+1. The molecule has 1 rings (SSSR count). The van der Waals surface area contributed by atoms with Crippen LogP contribution in [0.1, 0.15) is 148 Å². The van der Waals surface area contributed by atoms with Crippen molar-refractivity contribution in [2.45, 2.75) is 155 Å². The molecule has 0 fully saturated rings. The van der Waals surface area contributed by atoms with Crippen molar-refractivity contribution in [3.05, 3.63) is 30.1 Å². The van der Waals surface area contributed by atoms with Gasteiger partial charge in [0.25, 0.3) is 0 Å². The van der Waals surface area contributed by atoms with Gasteiger partial charge in [0.05, 0.1) is 0 Å². The molecule has 0 bridgehead atoms. The highest BCUT2D eigenvalue weighted by atomic mass is 14.9. The Morgan fingerprint density at radius 1 is 0.533 bits per heavy atom. The zero-order chi connectivity index (χ0) is 21.5. The first-order chi connectivity index (χ1) is 14.9. The van der Waals surface area contributed by atoms with Gasteiger partial charge in [0.15, 0.2) is 12.4 Å². The van der Waals surface area contributed by atoms with Crippen LogP contribution in [0.5, 0.6) is 0 Å². The maximum atomic E-state index is 2.42. The molecule has 1 heterocycles. The molecule has 0 radical (unpaired) electrons. The lowest BCUT2D eigenvalue weighted by Gasteiger charge is -2.04. The van der Waals surface area contributed by atoms with Crippen LogP contribution in [-0.4, -0.2) is 0 Å². The van der Waals surface area contributed by atoms with Crippen molar-refractivity contribution in [3.63, 3.8) is 0 Å². The lowest BCUT2D eigenvalue weighted by Crippen LogP contribution is -2.33. The van der Waals surface area contributed by atoms with Gasteiger partial charge in [0.1, 0.15) is 6.54 Å². The molecule has 0 spiro atoms. The monoisotopic (exact) mass is 416 g/mol. The van der Waals surface area contributed by atoms with Crippen LogP contribution in [-0.2, 0) is 13.0 Å². The van der Waals surface area contributed by atoms with Crippen LogP contribution >= 0.6 is 0 Å². The Morgan fingerprint density at radius 2 is 0.967 bits per heavy atom. The van der Waals surface area contributed by atoms with Gasteiger partial charge in [0, 0.05) is 18.1 Å². The second-order valence-corrected chi connectivity index (χ2v) is 9.56. The molecule has 0 N–H and O–H groups in total. The summed E-state index contributed by atoms with van der Waals surface area (Å²) in [5.41, 5.74) is 1.53. The van der Waals surface area contributed by atoms with Crippen molar-refractivity contribution in [1.82, 2.24) is 0 Å². The zero-order valence-electron chi connectivity index (χ0n) is 20.8. The van der Waals surface area contributed by atoms with Gasteiger partial charge >= 0.3 is 0 Å². The van der Waals surface area contributed by atoms with Gasteiger partial charge in [0.2, 0.25) is 0 Å². The van der Waals surface area contributed by atoms with Gasteiger partial charge in [-0.25, -0.2) is 4.57 Å². The number of hydrogen-bond acceptors (Lipinski definition) is 0. The van der Waals surface area contributed by atoms with Crippen molar-refractivity contribution >= 4 is 0 Å². The predicted molar refractivity (Wildman–Crippen MR) is 134 cm³/mol. The minimum atomic E-state index is 1.19. The van der Waals surface area contributed by atoms with Crippen LogP contribution in [0, 0.1) is 0 Å². The molecular formula is C29H54N+. The third kappa shape index (κ3) is 16.9. The smallest absolute Gasteiger partial charge is 0.171 e. The molecule has 0 amide bonds. The summed E-state index contributed by atoms with van der Waals surface area (Å²) < 4.78 is 2.42. The summed E-state index contributed by atoms with van der Waals surface area (Å²) >= 11 is 0. The third-order valence-corrected chi connectivity index (χ3v) is 6.51. The molecule has 0 saturated carbocycles. The molecule has 1 aromatic rings. The lowest BCUT2D eigenvalue weighted by atomic mass is 10.0. The summed E-state index contributed by atoms with van der Waals surface area (Å²) in [5.74, 6) is 0. The van der Waals surface area contributed by atoms with E-state index in [0.29, 0.717) is 0 Å². The first-order valence-corrected chi connectivity index (χ1v) is 13.8. The Hall–Kier alpha value is -0.850. The van der Waals surface area contributed by atoms with Crippen molar-refractivity contribution in [1.29, 1.82) is 0 Å². The zero-order valence-corrected chi connectivity index (χ0v) is 20.8. The highest BCUT2D eigenvalue weighted by molar-refractivity contribution is 5.05. The van der Waals surface area contributed by atoms with Crippen LogP contribution in [0.3, 0.4) is 0 Å². The molecule has 30 heavy (non-hydrogen) atoms. The van der Waals surface area contributed by atoms with E-state index in [2.05, 4.69) is 42.9 Å². The molecule has 1 heteroatoms. The summed E-state index contributed by atoms with van der Waals surface area (Å²) in [7, 11) is 0. The topological polar surface area (TPSA) is 3.88 Å². The molecule has 0 unspecified atom stereocenters. The lowest BCUT2D eigenvalue weighted by molar-refractivity contribution is -0.697. The summed E-state index contributed by atoms with van der Waals surface area (Å²) in [6.07, 6.45) is 34.4. The van der Waals surface area contributed by atoms with Crippen molar-refractivity contribution < 1.29 is 4.57 Å². The molecule has 174 valence electrons. The second kappa shape index (κ2) is 21.4. The normalized spacial score (nSPS) is 11.3. The number of rotatable bonds is 22. The molecule has 0 aliphatic heterocycles. The Kier molecular flexibility index (Phi) is 19.4. The molecular weight excluding hydrogens is 362 g/mol. The van der Waals surface area contributed by atoms with E-state index in [9.17, 15) is 0 Å². The number of nitrogens with zero attached hydrogens (tertiary/aromatic N) is 1. The van der Waals surface area contributed by atoms with Crippen LogP contribution in [0.4, 0.5) is 0 Å². The molecule has 0 aliphatic carbocycles. The number of pyridine rings is 1. The fourth-order valence-electron chi connectivity index (χ4n) is 4.46. The van der Waals surface area contributed by atoms with E-state index < -0.39 is 0 Å². The van der Waals surface area contributed by atoms with E-state index in [0.717, 1.165) is 0 Å². The van der Waals surface area contributed by atoms with E-state index in [-0.39, 0.29) is 0 Å². The van der Waals surface area contributed by atoms with Gasteiger partial charge in [-0.1, -0.05) is 123 Å². The van der Waals surface area contributed by atoms with Gasteiger partial charge in [-0.15, -0.1) is 0 Å². The fraction of sp³-hybridized carbons (Fsp3) is 0.828. The number of hydrogen-bond donors (Lipinski definition) is 0. The minimum absolute atomic E-state index is 1.19.